The van der Waals surface area contributed by atoms with Gasteiger partial charge in [-0.3, -0.25) is 4.55 Å². The Hall–Kier alpha value is -1.07. The molecule has 0 fully saturated rings. The van der Waals surface area contributed by atoms with E-state index in [4.69, 9.17) is 9.29 Å². The topological polar surface area (TPSA) is 63.6 Å². The first-order valence-corrected chi connectivity index (χ1v) is 5.58. The van der Waals surface area contributed by atoms with Gasteiger partial charge in [-0.15, -0.1) is 0 Å². The van der Waals surface area contributed by atoms with E-state index in [1.165, 1.54) is 13.2 Å². The van der Waals surface area contributed by atoms with Gasteiger partial charge in [0.1, 0.15) is 10.6 Å². The number of hydrogen-bond acceptors (Lipinski definition) is 3. The number of ether oxygens (including phenoxy) is 1. The monoisotopic (exact) mass is 216 g/mol. The first-order valence-electron chi connectivity index (χ1n) is 4.14. The van der Waals surface area contributed by atoms with Gasteiger partial charge in [-0.2, -0.15) is 8.42 Å². The van der Waals surface area contributed by atoms with Crippen LogP contribution in [0.15, 0.2) is 23.1 Å². The van der Waals surface area contributed by atoms with Crippen molar-refractivity contribution >= 4 is 10.1 Å². The minimum absolute atomic E-state index is 0.181. The van der Waals surface area contributed by atoms with Crippen LogP contribution in [0, 0.1) is 0 Å². The average molecular weight is 216 g/mol. The lowest BCUT2D eigenvalue weighted by atomic mass is 10.1. The van der Waals surface area contributed by atoms with Gasteiger partial charge in [-0.25, -0.2) is 0 Å². The molecular formula is C9H12O4S. The standard InChI is InChI=1S/C9H12O4S/c1-3-7-5-4-6-8(9(7)13-2)14(10,11)12/h4-6H,3H2,1-2H3,(H,10,11,12). The van der Waals surface area contributed by atoms with E-state index >= 15 is 0 Å². The fourth-order valence-electron chi connectivity index (χ4n) is 1.27. The lowest BCUT2D eigenvalue weighted by Crippen LogP contribution is -2.03. The summed E-state index contributed by atoms with van der Waals surface area (Å²) in [4.78, 5) is -0.181. The van der Waals surface area contributed by atoms with Crippen molar-refractivity contribution < 1.29 is 17.7 Å². The summed E-state index contributed by atoms with van der Waals surface area (Å²) in [6.45, 7) is 1.88. The zero-order valence-electron chi connectivity index (χ0n) is 8.02. The Morgan fingerprint density at radius 2 is 2.07 bits per heavy atom. The van der Waals surface area contributed by atoms with Crippen LogP contribution in [0.1, 0.15) is 12.5 Å². The molecule has 0 aliphatic carbocycles. The Kier molecular flexibility index (Phi) is 3.13. The molecule has 0 saturated heterocycles. The molecule has 1 rings (SSSR count). The van der Waals surface area contributed by atoms with Gasteiger partial charge in [0.2, 0.25) is 0 Å². The Bertz CT molecular complexity index is 422. The number of rotatable bonds is 3. The van der Waals surface area contributed by atoms with E-state index in [2.05, 4.69) is 0 Å². The average Bonchev–Trinajstić information content (AvgIpc) is 2.15. The van der Waals surface area contributed by atoms with E-state index in [1.54, 1.807) is 12.1 Å². The fourth-order valence-corrected chi connectivity index (χ4v) is 1.97. The predicted molar refractivity (Wildman–Crippen MR) is 52.2 cm³/mol. The van der Waals surface area contributed by atoms with Gasteiger partial charge in [0.25, 0.3) is 10.1 Å². The molecule has 5 heteroatoms. The van der Waals surface area contributed by atoms with Crippen molar-refractivity contribution in [3.05, 3.63) is 23.8 Å². The van der Waals surface area contributed by atoms with Crippen LogP contribution in [-0.2, 0) is 16.5 Å². The van der Waals surface area contributed by atoms with Crippen LogP contribution in [0.4, 0.5) is 0 Å². The third kappa shape index (κ3) is 2.05. The minimum Gasteiger partial charge on any atom is -0.495 e. The normalized spacial score (nSPS) is 11.4. The van der Waals surface area contributed by atoms with E-state index in [0.29, 0.717) is 6.42 Å². The summed E-state index contributed by atoms with van der Waals surface area (Å²) < 4.78 is 35.8. The molecule has 1 aromatic carbocycles. The third-order valence-corrected chi connectivity index (χ3v) is 2.80. The van der Waals surface area contributed by atoms with Gasteiger partial charge in [0.05, 0.1) is 7.11 Å². The van der Waals surface area contributed by atoms with Gasteiger partial charge >= 0.3 is 0 Å². The van der Waals surface area contributed by atoms with E-state index in [-0.39, 0.29) is 10.6 Å². The molecule has 14 heavy (non-hydrogen) atoms. The summed E-state index contributed by atoms with van der Waals surface area (Å²) in [6, 6.07) is 4.64. The van der Waals surface area contributed by atoms with E-state index in [1.807, 2.05) is 6.92 Å². The first kappa shape index (κ1) is 11.0. The maximum atomic E-state index is 11.0. The zero-order chi connectivity index (χ0) is 10.8. The number of benzene rings is 1. The Labute approximate surface area is 83.3 Å². The van der Waals surface area contributed by atoms with Crippen LogP contribution >= 0.6 is 0 Å². The largest absolute Gasteiger partial charge is 0.495 e. The third-order valence-electron chi connectivity index (χ3n) is 1.92. The van der Waals surface area contributed by atoms with Gasteiger partial charge in [-0.1, -0.05) is 19.1 Å². The lowest BCUT2D eigenvalue weighted by Gasteiger charge is -2.09. The zero-order valence-corrected chi connectivity index (χ0v) is 8.84. The summed E-state index contributed by atoms with van der Waals surface area (Å²) >= 11 is 0. The predicted octanol–water partition coefficient (Wildman–Crippen LogP) is 1.50. The van der Waals surface area contributed by atoms with Gasteiger partial charge in [0, 0.05) is 0 Å². The highest BCUT2D eigenvalue weighted by atomic mass is 32.2. The quantitative estimate of drug-likeness (QED) is 0.778. The van der Waals surface area contributed by atoms with Crippen molar-refractivity contribution in [2.45, 2.75) is 18.2 Å². The maximum Gasteiger partial charge on any atom is 0.298 e. The van der Waals surface area contributed by atoms with Crippen molar-refractivity contribution in [2.24, 2.45) is 0 Å². The van der Waals surface area contributed by atoms with Crippen LogP contribution in [-0.4, -0.2) is 20.1 Å². The molecule has 0 heterocycles. The molecule has 0 aliphatic heterocycles. The Morgan fingerprint density at radius 1 is 1.43 bits per heavy atom. The highest BCUT2D eigenvalue weighted by molar-refractivity contribution is 7.86. The van der Waals surface area contributed by atoms with Gasteiger partial charge in [0.15, 0.2) is 0 Å². The molecule has 0 bridgehead atoms. The number of hydrogen-bond donors (Lipinski definition) is 1. The first-order chi connectivity index (χ1) is 6.50. The second-order valence-electron chi connectivity index (χ2n) is 2.78. The van der Waals surface area contributed by atoms with Crippen molar-refractivity contribution in [1.29, 1.82) is 0 Å². The summed E-state index contributed by atoms with van der Waals surface area (Å²) in [5.74, 6) is 0.220. The Balaban J connectivity index is 3.45. The highest BCUT2D eigenvalue weighted by Gasteiger charge is 2.17. The summed E-state index contributed by atoms with van der Waals surface area (Å²) in [6.07, 6.45) is 0.645. The molecule has 1 N–H and O–H groups in total. The van der Waals surface area contributed by atoms with E-state index in [0.717, 1.165) is 5.56 Å². The SMILES string of the molecule is CCc1cccc(S(=O)(=O)O)c1OC. The van der Waals surface area contributed by atoms with Gasteiger partial charge in [-0.05, 0) is 18.1 Å². The molecule has 0 spiro atoms. The summed E-state index contributed by atoms with van der Waals surface area (Å²) in [5.41, 5.74) is 0.752. The molecule has 4 nitrogen and oxygen atoms in total. The molecule has 0 atom stereocenters. The molecule has 0 saturated carbocycles. The summed E-state index contributed by atoms with van der Waals surface area (Å²) in [7, 11) is -2.83. The van der Waals surface area contributed by atoms with E-state index in [9.17, 15) is 8.42 Å². The fraction of sp³-hybridized carbons (Fsp3) is 0.333. The molecule has 0 unspecified atom stereocenters. The van der Waals surface area contributed by atoms with Crippen LogP contribution in [0.5, 0.6) is 5.75 Å². The molecule has 0 amide bonds. The smallest absolute Gasteiger partial charge is 0.298 e. The van der Waals surface area contributed by atoms with Crippen molar-refractivity contribution in [1.82, 2.24) is 0 Å². The van der Waals surface area contributed by atoms with Crippen molar-refractivity contribution in [2.75, 3.05) is 7.11 Å². The second kappa shape index (κ2) is 3.98. The van der Waals surface area contributed by atoms with Gasteiger partial charge < -0.3 is 4.74 Å². The van der Waals surface area contributed by atoms with Crippen molar-refractivity contribution in [3.8, 4) is 5.75 Å². The molecular weight excluding hydrogens is 204 g/mol. The lowest BCUT2D eigenvalue weighted by molar-refractivity contribution is 0.393. The highest BCUT2D eigenvalue weighted by Crippen LogP contribution is 2.27. The number of para-hydroxylation sites is 1. The van der Waals surface area contributed by atoms with Crippen LogP contribution in [0.25, 0.3) is 0 Å². The molecule has 1 aromatic rings. The van der Waals surface area contributed by atoms with Crippen molar-refractivity contribution in [3.63, 3.8) is 0 Å². The molecule has 0 aliphatic rings. The number of methoxy groups -OCH3 is 1. The minimum atomic E-state index is -4.20. The molecule has 0 aromatic heterocycles. The van der Waals surface area contributed by atoms with Crippen LogP contribution in [0.2, 0.25) is 0 Å². The second-order valence-corrected chi connectivity index (χ2v) is 4.17. The Morgan fingerprint density at radius 3 is 2.50 bits per heavy atom. The molecule has 78 valence electrons. The van der Waals surface area contributed by atoms with Crippen LogP contribution < -0.4 is 4.74 Å². The molecule has 0 radical (unpaired) electrons. The van der Waals surface area contributed by atoms with E-state index < -0.39 is 10.1 Å². The summed E-state index contributed by atoms with van der Waals surface area (Å²) in [5, 5.41) is 0. The number of aryl methyl sites for hydroxylation is 1. The van der Waals surface area contributed by atoms with Crippen LogP contribution in [0.3, 0.4) is 0 Å². The maximum absolute atomic E-state index is 11.0.